The van der Waals surface area contributed by atoms with Gasteiger partial charge in [-0.3, -0.25) is 4.79 Å². The number of anilines is 1. The number of aromatic nitrogens is 2. The molecule has 37 heavy (non-hydrogen) atoms. The molecule has 0 unspecified atom stereocenters. The Hall–Kier alpha value is -3.16. The third-order valence-electron chi connectivity index (χ3n) is 6.03. The van der Waals surface area contributed by atoms with E-state index in [4.69, 9.17) is 16.3 Å². The van der Waals surface area contributed by atoms with E-state index >= 15 is 0 Å². The van der Waals surface area contributed by atoms with Crippen LogP contribution >= 0.6 is 22.9 Å². The van der Waals surface area contributed by atoms with Gasteiger partial charge < -0.3 is 9.64 Å². The molecule has 0 N–H and O–H groups in total. The molecule has 0 radical (unpaired) electrons. The van der Waals surface area contributed by atoms with Crippen molar-refractivity contribution in [3.63, 3.8) is 0 Å². The number of hydrogen-bond acceptors (Lipinski definition) is 9. The number of likely N-dealkylation sites (N-methyl/N-ethyl adjacent to an activating group) is 1. The Balaban J connectivity index is 1.90. The van der Waals surface area contributed by atoms with Crippen molar-refractivity contribution in [3.05, 3.63) is 47.4 Å². The zero-order chi connectivity index (χ0) is 27.2. The quantitative estimate of drug-likeness (QED) is 0.147. The Labute approximate surface area is 227 Å². The van der Waals surface area contributed by atoms with Crippen LogP contribution in [0.3, 0.4) is 0 Å². The molecule has 196 valence electrons. The average Bonchev–Trinajstić information content (AvgIpc) is 3.49. The highest BCUT2D eigenvalue weighted by Gasteiger charge is 2.28. The first-order valence-electron chi connectivity index (χ1n) is 12.3. The van der Waals surface area contributed by atoms with Gasteiger partial charge in [-0.2, -0.15) is 0 Å². The van der Waals surface area contributed by atoms with E-state index in [1.165, 1.54) is 22.9 Å². The molecular formula is C27H34N6O2S2. The fourth-order valence-corrected chi connectivity index (χ4v) is 5.14. The van der Waals surface area contributed by atoms with Crippen LogP contribution in [0.25, 0.3) is 16.1 Å². The zero-order valence-corrected chi connectivity index (χ0v) is 24.2. The normalized spacial score (nSPS) is 12.1. The van der Waals surface area contributed by atoms with E-state index in [2.05, 4.69) is 24.3 Å². The number of azo groups is 1. The lowest BCUT2D eigenvalue weighted by Gasteiger charge is -2.23. The van der Waals surface area contributed by atoms with E-state index in [-0.39, 0.29) is 18.0 Å². The van der Waals surface area contributed by atoms with Crippen LogP contribution in [0.15, 0.2) is 40.6 Å². The number of esters is 1. The zero-order valence-electron chi connectivity index (χ0n) is 22.5. The Kier molecular flexibility index (Phi) is 9.16. The van der Waals surface area contributed by atoms with Crippen LogP contribution in [-0.2, 0) is 14.9 Å². The molecule has 3 aromatic rings. The van der Waals surface area contributed by atoms with Gasteiger partial charge in [-0.25, -0.2) is 14.2 Å². The van der Waals surface area contributed by atoms with E-state index in [1.807, 2.05) is 78.8 Å². The molecule has 0 saturated carbocycles. The van der Waals surface area contributed by atoms with Gasteiger partial charge in [0, 0.05) is 12.1 Å². The van der Waals surface area contributed by atoms with Crippen LogP contribution in [0.5, 0.6) is 0 Å². The van der Waals surface area contributed by atoms with Crippen LogP contribution in [0.1, 0.15) is 60.6 Å². The molecule has 0 aliphatic heterocycles. The minimum absolute atomic E-state index is 0.195. The smallest absolute Gasteiger partial charge is 0.311 e. The SMILES string of the molecule is [C-]#[N+]c1c(C(C)(C)C)nsc1/N=N/c1sc(N(CC)CCOC(=O)C(C)(C)CC)nc1-c1ccccc1. The Morgan fingerprint density at radius 2 is 1.78 bits per heavy atom. The van der Waals surface area contributed by atoms with E-state index < -0.39 is 5.41 Å². The first-order valence-corrected chi connectivity index (χ1v) is 13.9. The van der Waals surface area contributed by atoms with Crippen molar-refractivity contribution >= 4 is 49.7 Å². The van der Waals surface area contributed by atoms with Gasteiger partial charge in [0.05, 0.1) is 24.2 Å². The van der Waals surface area contributed by atoms with Gasteiger partial charge >= 0.3 is 5.97 Å². The van der Waals surface area contributed by atoms with Crippen molar-refractivity contribution in [3.8, 4) is 11.3 Å². The Morgan fingerprint density at radius 1 is 1.11 bits per heavy atom. The summed E-state index contributed by atoms with van der Waals surface area (Å²) < 4.78 is 10.0. The molecule has 0 aliphatic carbocycles. The van der Waals surface area contributed by atoms with Gasteiger partial charge in [-0.15, -0.1) is 10.2 Å². The summed E-state index contributed by atoms with van der Waals surface area (Å²) in [7, 11) is 0. The molecule has 3 rings (SSSR count). The molecule has 8 nitrogen and oxygen atoms in total. The number of rotatable bonds is 10. The molecule has 0 bridgehead atoms. The van der Waals surface area contributed by atoms with Crippen LogP contribution in [0, 0.1) is 12.0 Å². The second-order valence-corrected chi connectivity index (χ2v) is 11.9. The molecule has 10 heteroatoms. The summed E-state index contributed by atoms with van der Waals surface area (Å²) in [6, 6.07) is 9.83. The van der Waals surface area contributed by atoms with E-state index in [1.54, 1.807) is 0 Å². The highest BCUT2D eigenvalue weighted by atomic mass is 32.1. The fourth-order valence-electron chi connectivity index (χ4n) is 3.29. The first-order chi connectivity index (χ1) is 17.5. The number of hydrogen-bond donors (Lipinski definition) is 0. The standard InChI is InChI=1S/C27H34N6O2S2/c1-9-27(6,7)24(34)35-17-16-33(10-2)25-29-19(18-14-12-11-13-15-18)22(36-25)30-31-23-20(28-8)21(32-37-23)26(3,4)5/h11-15H,9-10,16-17H2,1-7H3/b31-30+. The Morgan fingerprint density at radius 3 is 2.38 bits per heavy atom. The summed E-state index contributed by atoms with van der Waals surface area (Å²) in [4.78, 5) is 23.0. The number of ether oxygens (including phenoxy) is 1. The van der Waals surface area contributed by atoms with Crippen molar-refractivity contribution in [2.75, 3.05) is 24.6 Å². The molecule has 1 aromatic carbocycles. The minimum Gasteiger partial charge on any atom is -0.463 e. The van der Waals surface area contributed by atoms with Crippen molar-refractivity contribution in [2.24, 2.45) is 15.6 Å². The van der Waals surface area contributed by atoms with E-state index in [0.29, 0.717) is 28.8 Å². The average molecular weight is 539 g/mol. The van der Waals surface area contributed by atoms with Gasteiger partial charge in [-0.1, -0.05) is 69.4 Å². The third kappa shape index (κ3) is 6.79. The second kappa shape index (κ2) is 11.9. The van der Waals surface area contributed by atoms with Gasteiger partial charge in [0.1, 0.15) is 12.3 Å². The lowest BCUT2D eigenvalue weighted by atomic mass is 9.91. The number of thiazole rings is 1. The first kappa shape index (κ1) is 28.4. The molecule has 0 amide bonds. The molecule has 0 saturated heterocycles. The number of benzene rings is 1. The van der Waals surface area contributed by atoms with Crippen LogP contribution in [-0.4, -0.2) is 35.0 Å². The molecule has 0 fully saturated rings. The lowest BCUT2D eigenvalue weighted by molar-refractivity contribution is -0.153. The highest BCUT2D eigenvalue weighted by molar-refractivity contribution is 7.19. The molecule has 0 aliphatic rings. The number of nitrogens with zero attached hydrogens (tertiary/aromatic N) is 6. The summed E-state index contributed by atoms with van der Waals surface area (Å²) in [6.07, 6.45) is 0.719. The number of carbonyl (C=O) groups excluding carboxylic acids is 1. The molecule has 2 aromatic heterocycles. The predicted octanol–water partition coefficient (Wildman–Crippen LogP) is 8.34. The van der Waals surface area contributed by atoms with E-state index in [9.17, 15) is 4.79 Å². The predicted molar refractivity (Wildman–Crippen MR) is 152 cm³/mol. The summed E-state index contributed by atoms with van der Waals surface area (Å²) >= 11 is 2.61. The number of carbonyl (C=O) groups is 1. The fraction of sp³-hybridized carbons (Fsp3) is 0.481. The van der Waals surface area contributed by atoms with Crippen molar-refractivity contribution in [1.82, 2.24) is 9.36 Å². The maximum atomic E-state index is 12.4. The summed E-state index contributed by atoms with van der Waals surface area (Å²) in [5.74, 6) is -0.195. The van der Waals surface area contributed by atoms with E-state index in [0.717, 1.165) is 28.5 Å². The second-order valence-electron chi connectivity index (χ2n) is 10.2. The van der Waals surface area contributed by atoms with Gasteiger partial charge in [0.25, 0.3) is 0 Å². The summed E-state index contributed by atoms with van der Waals surface area (Å²) in [5, 5.41) is 10.9. The highest BCUT2D eigenvalue weighted by Crippen LogP contribution is 2.44. The monoisotopic (exact) mass is 538 g/mol. The van der Waals surface area contributed by atoms with Crippen LogP contribution in [0.4, 0.5) is 20.8 Å². The van der Waals surface area contributed by atoms with Crippen LogP contribution < -0.4 is 4.90 Å². The largest absolute Gasteiger partial charge is 0.463 e. The maximum Gasteiger partial charge on any atom is 0.311 e. The summed E-state index contributed by atoms with van der Waals surface area (Å²) in [6.45, 7) is 23.0. The third-order valence-corrected chi connectivity index (χ3v) is 7.75. The Bertz CT molecular complexity index is 1280. The topological polar surface area (TPSA) is 84.4 Å². The maximum absolute atomic E-state index is 12.4. The molecule has 0 spiro atoms. The van der Waals surface area contributed by atoms with Crippen molar-refractivity contribution < 1.29 is 9.53 Å². The van der Waals surface area contributed by atoms with Crippen molar-refractivity contribution in [1.29, 1.82) is 0 Å². The van der Waals surface area contributed by atoms with Gasteiger partial charge in [0.15, 0.2) is 15.1 Å². The molecular weight excluding hydrogens is 504 g/mol. The molecule has 2 heterocycles. The van der Waals surface area contributed by atoms with Gasteiger partial charge in [-0.05, 0) is 44.1 Å². The minimum atomic E-state index is -0.500. The van der Waals surface area contributed by atoms with Crippen molar-refractivity contribution in [2.45, 2.75) is 60.3 Å². The lowest BCUT2D eigenvalue weighted by Crippen LogP contribution is -2.31. The van der Waals surface area contributed by atoms with Gasteiger partial charge in [0.2, 0.25) is 5.69 Å². The summed E-state index contributed by atoms with van der Waals surface area (Å²) in [5.41, 5.74) is 2.06. The molecule has 0 atom stereocenters. The van der Waals surface area contributed by atoms with Crippen LogP contribution in [0.2, 0.25) is 0 Å².